The summed E-state index contributed by atoms with van der Waals surface area (Å²) in [6, 6.07) is 7.95. The van der Waals surface area contributed by atoms with Crippen LogP contribution < -0.4 is 4.74 Å². The van der Waals surface area contributed by atoms with Gasteiger partial charge in [-0.2, -0.15) is 10.4 Å². The molecule has 3 fully saturated rings. The van der Waals surface area contributed by atoms with Gasteiger partial charge in [0.25, 0.3) is 0 Å². The Labute approximate surface area is 190 Å². The van der Waals surface area contributed by atoms with Crippen molar-refractivity contribution in [2.45, 2.75) is 64.0 Å². The zero-order chi connectivity index (χ0) is 22.0. The van der Waals surface area contributed by atoms with E-state index < -0.39 is 0 Å². The van der Waals surface area contributed by atoms with Crippen molar-refractivity contribution in [3.8, 4) is 11.8 Å². The number of likely N-dealkylation sites (tertiary alicyclic amines) is 1. The summed E-state index contributed by atoms with van der Waals surface area (Å²) in [6.07, 6.45) is 10.4. The molecular weight excluding hydrogens is 408 g/mol. The van der Waals surface area contributed by atoms with Crippen molar-refractivity contribution in [1.82, 2.24) is 9.91 Å². The second-order valence-electron chi connectivity index (χ2n) is 8.83. The number of hydrogen-bond acceptors (Lipinski definition) is 5. The van der Waals surface area contributed by atoms with Gasteiger partial charge in [-0.1, -0.05) is 17.7 Å². The molecule has 1 saturated heterocycles. The number of benzene rings is 1. The van der Waals surface area contributed by atoms with Gasteiger partial charge in [0.1, 0.15) is 11.8 Å². The number of allylic oxidation sites excluding steroid dienone is 3. The Morgan fingerprint density at radius 1 is 1.23 bits per heavy atom. The third kappa shape index (κ3) is 4.60. The lowest BCUT2D eigenvalue weighted by Crippen LogP contribution is -2.39. The maximum atomic E-state index is 9.05. The zero-order valence-electron chi connectivity index (χ0n) is 18.7. The third-order valence-corrected chi connectivity index (χ3v) is 6.84. The number of ether oxygens (including phenoxy) is 1. The number of nitriles is 1. The fraction of sp³-hybridized carbons (Fsp3) is 0.520. The van der Waals surface area contributed by atoms with E-state index >= 15 is 0 Å². The summed E-state index contributed by atoms with van der Waals surface area (Å²) in [5.74, 6) is 0.752. The number of hydrogen-bond donors (Lipinski definition) is 0. The molecular formula is C25H31ClN4O. The molecule has 6 heteroatoms. The topological polar surface area (TPSA) is 51.9 Å². The number of nitrogens with zero attached hydrogens (tertiary/aromatic N) is 4. The predicted molar refractivity (Wildman–Crippen MR) is 125 cm³/mol. The van der Waals surface area contributed by atoms with Crippen molar-refractivity contribution in [1.29, 1.82) is 5.26 Å². The smallest absolute Gasteiger partial charge is 0.121 e. The molecule has 0 N–H and O–H groups in total. The van der Waals surface area contributed by atoms with Crippen LogP contribution in [0.15, 0.2) is 46.2 Å². The Kier molecular flexibility index (Phi) is 6.57. The van der Waals surface area contributed by atoms with E-state index in [2.05, 4.69) is 24.0 Å². The lowest BCUT2D eigenvalue weighted by atomic mass is 9.86. The Hall–Kier alpha value is -2.45. The Morgan fingerprint density at radius 3 is 2.52 bits per heavy atom. The molecule has 1 heterocycles. The van der Waals surface area contributed by atoms with Crippen LogP contribution in [0.4, 0.5) is 0 Å². The second-order valence-corrected chi connectivity index (χ2v) is 9.24. The molecule has 0 spiro atoms. The van der Waals surface area contributed by atoms with E-state index in [1.165, 1.54) is 36.2 Å². The van der Waals surface area contributed by atoms with Crippen LogP contribution in [0.1, 0.15) is 57.4 Å². The van der Waals surface area contributed by atoms with Gasteiger partial charge in [0, 0.05) is 37.5 Å². The minimum absolute atomic E-state index is 0.193. The molecule has 2 aliphatic carbocycles. The summed E-state index contributed by atoms with van der Waals surface area (Å²) in [4.78, 5) is 2.63. The fourth-order valence-electron chi connectivity index (χ4n) is 4.87. The highest BCUT2D eigenvalue weighted by atomic mass is 35.5. The normalized spacial score (nSPS) is 26.2. The Balaban J connectivity index is 1.45. The highest BCUT2D eigenvalue weighted by Gasteiger charge is 2.37. The molecule has 4 rings (SSSR count). The second kappa shape index (κ2) is 9.36. The van der Waals surface area contributed by atoms with Crippen LogP contribution in [0.5, 0.6) is 5.75 Å². The van der Waals surface area contributed by atoms with E-state index in [9.17, 15) is 0 Å². The van der Waals surface area contributed by atoms with Crippen molar-refractivity contribution in [2.24, 2.45) is 5.10 Å². The van der Waals surface area contributed by atoms with E-state index in [1.54, 1.807) is 17.7 Å². The molecule has 3 aliphatic rings. The summed E-state index contributed by atoms with van der Waals surface area (Å²) in [5.41, 5.74) is 6.06. The Bertz CT molecular complexity index is 958. The van der Waals surface area contributed by atoms with Gasteiger partial charge in [0.15, 0.2) is 0 Å². The minimum atomic E-state index is 0.193. The predicted octanol–water partition coefficient (Wildman–Crippen LogP) is 5.52. The number of rotatable bonds is 4. The molecule has 1 aromatic carbocycles. The van der Waals surface area contributed by atoms with E-state index in [-0.39, 0.29) is 6.10 Å². The molecule has 0 bridgehead atoms. The average molecular weight is 439 g/mol. The van der Waals surface area contributed by atoms with Crippen molar-refractivity contribution in [2.75, 3.05) is 20.6 Å². The lowest BCUT2D eigenvalue weighted by molar-refractivity contribution is 0.112. The standard InChI is InChI=1S/C25H31ClN4O/c1-4-22-24(28-29(2)3)16-30(25(22)17-6-5-7-17)19-9-12-20(13-10-19)31-21-11-8-18(15-27)23(26)14-21/h4,8,11,14,19-20H,5-7,9-10,12-13,16H2,1-3H3/b22-4+,28-24+. The van der Waals surface area contributed by atoms with E-state index in [4.69, 9.17) is 26.7 Å². The summed E-state index contributed by atoms with van der Waals surface area (Å²) in [6.45, 7) is 3.04. The van der Waals surface area contributed by atoms with Crippen LogP contribution in [0.3, 0.4) is 0 Å². The van der Waals surface area contributed by atoms with E-state index in [0.717, 1.165) is 38.0 Å². The molecule has 0 radical (unpaired) electrons. The molecule has 0 atom stereocenters. The molecule has 1 aromatic rings. The van der Waals surface area contributed by atoms with Gasteiger partial charge in [0.2, 0.25) is 0 Å². The zero-order valence-corrected chi connectivity index (χ0v) is 19.5. The van der Waals surface area contributed by atoms with Gasteiger partial charge in [-0.15, -0.1) is 0 Å². The van der Waals surface area contributed by atoms with Gasteiger partial charge in [-0.25, -0.2) is 0 Å². The fourth-order valence-corrected chi connectivity index (χ4v) is 5.08. The van der Waals surface area contributed by atoms with Crippen LogP contribution in [0.25, 0.3) is 0 Å². The first-order valence-corrected chi connectivity index (χ1v) is 11.6. The van der Waals surface area contributed by atoms with Gasteiger partial charge in [-0.05, 0) is 69.6 Å². The number of hydrazone groups is 1. The van der Waals surface area contributed by atoms with Crippen LogP contribution >= 0.6 is 11.6 Å². The van der Waals surface area contributed by atoms with Crippen LogP contribution in [0.2, 0.25) is 5.02 Å². The third-order valence-electron chi connectivity index (χ3n) is 6.52. The molecule has 0 aromatic heterocycles. The Morgan fingerprint density at radius 2 is 1.97 bits per heavy atom. The first-order chi connectivity index (χ1) is 15.0. The molecule has 1 aliphatic heterocycles. The maximum absolute atomic E-state index is 9.05. The molecule has 2 saturated carbocycles. The van der Waals surface area contributed by atoms with E-state index in [1.807, 2.05) is 25.2 Å². The largest absolute Gasteiger partial charge is 0.490 e. The quantitative estimate of drug-likeness (QED) is 0.581. The lowest BCUT2D eigenvalue weighted by Gasteiger charge is -2.38. The molecule has 31 heavy (non-hydrogen) atoms. The monoisotopic (exact) mass is 438 g/mol. The average Bonchev–Trinajstić information content (AvgIpc) is 3.04. The highest BCUT2D eigenvalue weighted by Crippen LogP contribution is 2.41. The van der Waals surface area contributed by atoms with Gasteiger partial charge >= 0.3 is 0 Å². The molecule has 0 amide bonds. The van der Waals surface area contributed by atoms with Crippen molar-refractivity contribution < 1.29 is 4.74 Å². The molecule has 164 valence electrons. The van der Waals surface area contributed by atoms with Gasteiger partial charge in [-0.3, -0.25) is 0 Å². The first kappa shape index (κ1) is 21.8. The molecule has 0 unspecified atom stereocenters. The van der Waals surface area contributed by atoms with Crippen LogP contribution in [-0.4, -0.2) is 48.4 Å². The first-order valence-electron chi connectivity index (χ1n) is 11.3. The summed E-state index contributed by atoms with van der Waals surface area (Å²) < 4.78 is 6.20. The van der Waals surface area contributed by atoms with Gasteiger partial charge < -0.3 is 14.6 Å². The summed E-state index contributed by atoms with van der Waals surface area (Å²) in [5, 5.41) is 16.2. The van der Waals surface area contributed by atoms with Crippen LogP contribution in [0, 0.1) is 11.3 Å². The van der Waals surface area contributed by atoms with Crippen LogP contribution in [-0.2, 0) is 0 Å². The summed E-state index contributed by atoms with van der Waals surface area (Å²) >= 11 is 6.16. The highest BCUT2D eigenvalue weighted by molar-refractivity contribution is 6.31. The minimum Gasteiger partial charge on any atom is -0.490 e. The van der Waals surface area contributed by atoms with E-state index in [0.29, 0.717) is 16.6 Å². The number of halogens is 1. The molecule has 5 nitrogen and oxygen atoms in total. The summed E-state index contributed by atoms with van der Waals surface area (Å²) in [7, 11) is 3.99. The maximum Gasteiger partial charge on any atom is 0.121 e. The van der Waals surface area contributed by atoms with Crippen molar-refractivity contribution in [3.63, 3.8) is 0 Å². The van der Waals surface area contributed by atoms with Crippen molar-refractivity contribution in [3.05, 3.63) is 51.7 Å². The van der Waals surface area contributed by atoms with Crippen molar-refractivity contribution >= 4 is 17.3 Å². The van der Waals surface area contributed by atoms with Gasteiger partial charge in [0.05, 0.1) is 28.9 Å². The SMILES string of the molecule is C/C=C1/C(=C2CCC2)N(C2CCC(Oc3ccc(C#N)c(Cl)c3)CC2)C/C1=N\N(C)C.